The van der Waals surface area contributed by atoms with Crippen molar-refractivity contribution in [2.45, 2.75) is 18.9 Å². The average Bonchev–Trinajstić information content (AvgIpc) is 2.64. The lowest BCUT2D eigenvalue weighted by Gasteiger charge is -2.19. The van der Waals surface area contributed by atoms with E-state index in [0.717, 1.165) is 0 Å². The number of methoxy groups -OCH3 is 1. The standard InChI is InChI=1S/C19H17F6NO3/c1-26(10-12-5-3-4-6-16(12)28-2)17(27)11-29-15-8-13(18(20,21)22)7-14(9-15)19(23,24)25/h3-9H,10-11H2,1-2H3. The number of likely N-dealkylation sites (N-methyl/N-ethyl adjacent to an activating group) is 1. The van der Waals surface area contributed by atoms with Crippen molar-refractivity contribution >= 4 is 5.91 Å². The number of hydrogen-bond acceptors (Lipinski definition) is 3. The molecule has 1 amide bonds. The lowest BCUT2D eigenvalue weighted by Crippen LogP contribution is -2.31. The topological polar surface area (TPSA) is 38.8 Å². The molecule has 0 N–H and O–H groups in total. The van der Waals surface area contributed by atoms with E-state index >= 15 is 0 Å². The van der Waals surface area contributed by atoms with Crippen LogP contribution < -0.4 is 9.47 Å². The van der Waals surface area contributed by atoms with Gasteiger partial charge < -0.3 is 14.4 Å². The van der Waals surface area contributed by atoms with Crippen LogP contribution in [0, 0.1) is 0 Å². The molecular weight excluding hydrogens is 404 g/mol. The van der Waals surface area contributed by atoms with E-state index in [2.05, 4.69) is 0 Å². The summed E-state index contributed by atoms with van der Waals surface area (Å²) in [5.74, 6) is -0.811. The minimum absolute atomic E-state index is 0.0114. The van der Waals surface area contributed by atoms with Gasteiger partial charge in [0.1, 0.15) is 11.5 Å². The SMILES string of the molecule is COc1ccccc1CN(C)C(=O)COc1cc(C(F)(F)F)cc(C(F)(F)F)c1. The van der Waals surface area contributed by atoms with Gasteiger partial charge in [0.25, 0.3) is 5.91 Å². The van der Waals surface area contributed by atoms with Gasteiger partial charge in [-0.1, -0.05) is 18.2 Å². The van der Waals surface area contributed by atoms with Gasteiger partial charge in [0.05, 0.1) is 18.2 Å². The molecular formula is C19H17F6NO3. The van der Waals surface area contributed by atoms with Crippen molar-refractivity contribution in [3.63, 3.8) is 0 Å². The predicted octanol–water partition coefficient (Wildman–Crippen LogP) is 4.77. The molecule has 0 saturated carbocycles. The van der Waals surface area contributed by atoms with Crippen molar-refractivity contribution in [2.75, 3.05) is 20.8 Å². The normalized spacial score (nSPS) is 11.9. The lowest BCUT2D eigenvalue weighted by atomic mass is 10.1. The van der Waals surface area contributed by atoms with Crippen molar-refractivity contribution in [3.8, 4) is 11.5 Å². The van der Waals surface area contributed by atoms with E-state index in [1.54, 1.807) is 24.3 Å². The summed E-state index contributed by atoms with van der Waals surface area (Å²) >= 11 is 0. The van der Waals surface area contributed by atoms with E-state index < -0.39 is 41.7 Å². The first-order valence-corrected chi connectivity index (χ1v) is 8.20. The van der Waals surface area contributed by atoms with E-state index in [0.29, 0.717) is 23.4 Å². The van der Waals surface area contributed by atoms with Crippen LogP contribution in [0.1, 0.15) is 16.7 Å². The molecule has 0 heterocycles. The fourth-order valence-corrected chi connectivity index (χ4v) is 2.44. The number of nitrogens with zero attached hydrogens (tertiary/aromatic N) is 1. The molecule has 2 aromatic carbocycles. The molecule has 10 heteroatoms. The molecule has 0 bridgehead atoms. The monoisotopic (exact) mass is 421 g/mol. The lowest BCUT2D eigenvalue weighted by molar-refractivity contribution is -0.143. The second kappa shape index (κ2) is 8.62. The van der Waals surface area contributed by atoms with Gasteiger partial charge in [-0.05, 0) is 24.3 Å². The molecule has 2 rings (SSSR count). The smallest absolute Gasteiger partial charge is 0.416 e. The highest BCUT2D eigenvalue weighted by Crippen LogP contribution is 2.38. The first-order chi connectivity index (χ1) is 13.4. The number of carbonyl (C=O) groups excluding carboxylic acids is 1. The van der Waals surface area contributed by atoms with Crippen LogP contribution in [-0.4, -0.2) is 31.6 Å². The Labute approximate surface area is 162 Å². The molecule has 0 atom stereocenters. The Balaban J connectivity index is 2.12. The summed E-state index contributed by atoms with van der Waals surface area (Å²) in [6, 6.07) is 7.69. The Hall–Kier alpha value is -2.91. The first-order valence-electron chi connectivity index (χ1n) is 8.20. The summed E-state index contributed by atoms with van der Waals surface area (Å²) in [4.78, 5) is 13.4. The Kier molecular flexibility index (Phi) is 6.66. The van der Waals surface area contributed by atoms with Crippen LogP contribution >= 0.6 is 0 Å². The molecule has 4 nitrogen and oxygen atoms in total. The van der Waals surface area contributed by atoms with E-state index in [4.69, 9.17) is 9.47 Å². The molecule has 29 heavy (non-hydrogen) atoms. The Morgan fingerprint density at radius 3 is 2.03 bits per heavy atom. The maximum absolute atomic E-state index is 12.9. The first kappa shape index (κ1) is 22.4. The van der Waals surface area contributed by atoms with Gasteiger partial charge in [-0.15, -0.1) is 0 Å². The number of benzene rings is 2. The molecule has 0 aliphatic rings. The van der Waals surface area contributed by atoms with Gasteiger partial charge in [-0.2, -0.15) is 26.3 Å². The highest BCUT2D eigenvalue weighted by atomic mass is 19.4. The van der Waals surface area contributed by atoms with Gasteiger partial charge in [-0.3, -0.25) is 4.79 Å². The minimum Gasteiger partial charge on any atom is -0.496 e. The molecule has 0 aliphatic carbocycles. The van der Waals surface area contributed by atoms with E-state index in [-0.39, 0.29) is 12.6 Å². The second-order valence-corrected chi connectivity index (χ2v) is 6.09. The van der Waals surface area contributed by atoms with Crippen molar-refractivity contribution in [2.24, 2.45) is 0 Å². The third-order valence-corrected chi connectivity index (χ3v) is 3.95. The molecule has 0 saturated heterocycles. The Morgan fingerprint density at radius 2 is 1.52 bits per heavy atom. The Morgan fingerprint density at radius 1 is 0.966 bits per heavy atom. The van der Waals surface area contributed by atoms with E-state index in [1.807, 2.05) is 0 Å². The van der Waals surface area contributed by atoms with Crippen molar-refractivity contribution in [3.05, 3.63) is 59.2 Å². The second-order valence-electron chi connectivity index (χ2n) is 6.09. The molecule has 0 aromatic heterocycles. The van der Waals surface area contributed by atoms with Crippen LogP contribution in [0.2, 0.25) is 0 Å². The summed E-state index contributed by atoms with van der Waals surface area (Å²) in [7, 11) is 2.88. The zero-order valence-electron chi connectivity index (χ0n) is 15.4. The van der Waals surface area contributed by atoms with Gasteiger partial charge in [0.2, 0.25) is 0 Å². The zero-order chi connectivity index (χ0) is 21.8. The average molecular weight is 421 g/mol. The highest BCUT2D eigenvalue weighted by molar-refractivity contribution is 5.77. The summed E-state index contributed by atoms with van der Waals surface area (Å²) in [5, 5.41) is 0. The highest BCUT2D eigenvalue weighted by Gasteiger charge is 2.37. The fourth-order valence-electron chi connectivity index (χ4n) is 2.44. The fraction of sp³-hybridized carbons (Fsp3) is 0.316. The molecule has 158 valence electrons. The van der Waals surface area contributed by atoms with Gasteiger partial charge in [-0.25, -0.2) is 0 Å². The van der Waals surface area contributed by atoms with Crippen LogP contribution in [0.5, 0.6) is 11.5 Å². The summed E-state index contributed by atoms with van der Waals surface area (Å²) in [6.45, 7) is -0.618. The molecule has 0 unspecified atom stereocenters. The largest absolute Gasteiger partial charge is 0.496 e. The number of amides is 1. The number of halogens is 6. The van der Waals surface area contributed by atoms with Crippen molar-refractivity contribution < 1.29 is 40.6 Å². The number of alkyl halides is 6. The molecule has 0 spiro atoms. The number of ether oxygens (including phenoxy) is 2. The summed E-state index contributed by atoms with van der Waals surface area (Å²) in [6.07, 6.45) is -9.99. The Bertz CT molecular complexity index is 832. The number of hydrogen-bond donors (Lipinski definition) is 0. The van der Waals surface area contributed by atoms with Crippen LogP contribution in [0.4, 0.5) is 26.3 Å². The van der Waals surface area contributed by atoms with Gasteiger partial charge in [0, 0.05) is 19.2 Å². The van der Waals surface area contributed by atoms with Crippen LogP contribution in [0.15, 0.2) is 42.5 Å². The van der Waals surface area contributed by atoms with Crippen molar-refractivity contribution in [1.82, 2.24) is 4.90 Å². The molecule has 0 aliphatic heterocycles. The van der Waals surface area contributed by atoms with Crippen LogP contribution in [0.3, 0.4) is 0 Å². The molecule has 0 fully saturated rings. The number of rotatable bonds is 6. The zero-order valence-corrected chi connectivity index (χ0v) is 15.4. The quantitative estimate of drug-likeness (QED) is 0.631. The van der Waals surface area contributed by atoms with Crippen LogP contribution in [-0.2, 0) is 23.7 Å². The predicted molar refractivity (Wildman–Crippen MR) is 91.4 cm³/mol. The van der Waals surface area contributed by atoms with E-state index in [1.165, 1.54) is 19.1 Å². The van der Waals surface area contributed by atoms with Crippen molar-refractivity contribution in [1.29, 1.82) is 0 Å². The summed E-state index contributed by atoms with van der Waals surface area (Å²) < 4.78 is 87.3. The number of para-hydroxylation sites is 1. The maximum atomic E-state index is 12.9. The summed E-state index contributed by atoms with van der Waals surface area (Å²) in [5.41, 5.74) is -2.36. The van der Waals surface area contributed by atoms with Gasteiger partial charge >= 0.3 is 12.4 Å². The van der Waals surface area contributed by atoms with Crippen LogP contribution in [0.25, 0.3) is 0 Å². The third kappa shape index (κ3) is 6.03. The maximum Gasteiger partial charge on any atom is 0.416 e. The minimum atomic E-state index is -5.00. The van der Waals surface area contributed by atoms with E-state index in [9.17, 15) is 31.1 Å². The number of carbonyl (C=O) groups is 1. The third-order valence-electron chi connectivity index (χ3n) is 3.95. The molecule has 0 radical (unpaired) electrons. The molecule has 2 aromatic rings. The van der Waals surface area contributed by atoms with Gasteiger partial charge in [0.15, 0.2) is 6.61 Å².